The van der Waals surface area contributed by atoms with E-state index in [0.29, 0.717) is 55.7 Å². The molecule has 0 saturated carbocycles. The Bertz CT molecular complexity index is 1660. The number of aromatic nitrogens is 3. The molecule has 1 amide bonds. The number of hydrogen-bond donors (Lipinski definition) is 2. The highest BCUT2D eigenvalue weighted by Gasteiger charge is 2.35. The third-order valence-electron chi connectivity index (χ3n) is 6.60. The molecular formula is C31H31BrClN5O3S. The van der Waals surface area contributed by atoms with Gasteiger partial charge >= 0.3 is 0 Å². The van der Waals surface area contributed by atoms with E-state index in [1.54, 1.807) is 4.68 Å². The number of carbonyl (C=O) groups is 1. The number of hydrogen-bond acceptors (Lipinski definition) is 7. The van der Waals surface area contributed by atoms with Crippen molar-refractivity contribution < 1.29 is 14.3 Å². The molecule has 1 aliphatic rings. The summed E-state index contributed by atoms with van der Waals surface area (Å²) in [6, 6.07) is 18.5. The van der Waals surface area contributed by atoms with Crippen molar-refractivity contribution in [1.29, 1.82) is 0 Å². The van der Waals surface area contributed by atoms with E-state index < -0.39 is 6.04 Å². The molecule has 11 heteroatoms. The molecule has 218 valence electrons. The summed E-state index contributed by atoms with van der Waals surface area (Å²) in [7, 11) is 0. The van der Waals surface area contributed by atoms with Crippen molar-refractivity contribution in [1.82, 2.24) is 14.8 Å². The lowest BCUT2D eigenvalue weighted by Gasteiger charge is -2.29. The van der Waals surface area contributed by atoms with Gasteiger partial charge < -0.3 is 20.1 Å². The minimum atomic E-state index is -0.585. The van der Waals surface area contributed by atoms with Crippen LogP contribution in [0.1, 0.15) is 43.5 Å². The Morgan fingerprint density at radius 2 is 1.93 bits per heavy atom. The molecule has 42 heavy (non-hydrogen) atoms. The van der Waals surface area contributed by atoms with Gasteiger partial charge in [-0.2, -0.15) is 4.98 Å². The molecule has 5 rings (SSSR count). The fourth-order valence-corrected chi connectivity index (χ4v) is 6.08. The molecule has 0 saturated heterocycles. The quantitative estimate of drug-likeness (QED) is 0.166. The van der Waals surface area contributed by atoms with Crippen LogP contribution < -0.4 is 20.1 Å². The van der Waals surface area contributed by atoms with Crippen LogP contribution in [0.5, 0.6) is 11.5 Å². The van der Waals surface area contributed by atoms with Gasteiger partial charge in [0, 0.05) is 22.0 Å². The maximum absolute atomic E-state index is 13.9. The molecule has 0 spiro atoms. The number of allylic oxidation sites excluding steroid dienone is 1. The van der Waals surface area contributed by atoms with E-state index in [-0.39, 0.29) is 12.5 Å². The molecule has 0 bridgehead atoms. The number of rotatable bonds is 10. The van der Waals surface area contributed by atoms with Crippen LogP contribution in [0, 0.1) is 6.92 Å². The fraction of sp³-hybridized carbons (Fsp3) is 0.258. The summed E-state index contributed by atoms with van der Waals surface area (Å²) in [5.74, 6) is 2.22. The van der Waals surface area contributed by atoms with Crippen molar-refractivity contribution in [2.24, 2.45) is 0 Å². The Morgan fingerprint density at radius 3 is 2.67 bits per heavy atom. The van der Waals surface area contributed by atoms with Crippen LogP contribution in [0.25, 0.3) is 0 Å². The van der Waals surface area contributed by atoms with Gasteiger partial charge in [-0.15, -0.1) is 5.10 Å². The van der Waals surface area contributed by atoms with Gasteiger partial charge in [0.25, 0.3) is 5.91 Å². The first-order valence-electron chi connectivity index (χ1n) is 13.6. The average Bonchev–Trinajstić information content (AvgIpc) is 3.34. The Hall–Kier alpha value is -3.47. The van der Waals surface area contributed by atoms with Crippen molar-refractivity contribution in [2.75, 3.05) is 23.0 Å². The number of ether oxygens (including phenoxy) is 2. The van der Waals surface area contributed by atoms with Crippen molar-refractivity contribution >= 4 is 56.8 Å². The molecule has 1 aromatic heterocycles. The van der Waals surface area contributed by atoms with E-state index in [9.17, 15) is 4.79 Å². The number of amides is 1. The van der Waals surface area contributed by atoms with Gasteiger partial charge in [0.1, 0.15) is 12.6 Å². The molecule has 1 atom stereocenters. The maximum atomic E-state index is 13.9. The van der Waals surface area contributed by atoms with Gasteiger partial charge in [0.2, 0.25) is 11.1 Å². The number of fused-ring (bicyclic) bond motifs is 1. The van der Waals surface area contributed by atoms with Crippen LogP contribution in [0.2, 0.25) is 5.02 Å². The highest BCUT2D eigenvalue weighted by Crippen LogP contribution is 2.44. The fourth-order valence-electron chi connectivity index (χ4n) is 4.76. The van der Waals surface area contributed by atoms with E-state index in [1.807, 2.05) is 88.4 Å². The predicted molar refractivity (Wildman–Crippen MR) is 172 cm³/mol. The summed E-state index contributed by atoms with van der Waals surface area (Å²) in [5.41, 5.74) is 4.61. The van der Waals surface area contributed by atoms with Crippen LogP contribution in [0.3, 0.4) is 0 Å². The molecule has 3 aromatic carbocycles. The SMILES string of the molecule is CCOc1cc(C2C(C(=O)Nc3cccc(C)c3)=C(C)Nc3nc(SCC)nn32)cc(Br)c1OCc1ccccc1Cl. The lowest BCUT2D eigenvalue weighted by atomic mass is 9.94. The summed E-state index contributed by atoms with van der Waals surface area (Å²) < 4.78 is 14.7. The smallest absolute Gasteiger partial charge is 0.255 e. The van der Waals surface area contributed by atoms with Crippen LogP contribution in [0.4, 0.5) is 11.6 Å². The third-order valence-corrected chi connectivity index (χ3v) is 8.28. The molecule has 1 aliphatic heterocycles. The van der Waals surface area contributed by atoms with E-state index in [1.165, 1.54) is 11.8 Å². The summed E-state index contributed by atoms with van der Waals surface area (Å²) in [6.07, 6.45) is 0. The number of nitrogens with one attached hydrogen (secondary N) is 2. The highest BCUT2D eigenvalue weighted by molar-refractivity contribution is 9.10. The van der Waals surface area contributed by atoms with Crippen LogP contribution in [-0.2, 0) is 11.4 Å². The first-order valence-corrected chi connectivity index (χ1v) is 15.7. The maximum Gasteiger partial charge on any atom is 0.255 e. The van der Waals surface area contributed by atoms with Gasteiger partial charge in [-0.1, -0.05) is 60.6 Å². The molecule has 2 N–H and O–H groups in total. The number of anilines is 2. The predicted octanol–water partition coefficient (Wildman–Crippen LogP) is 8.02. The van der Waals surface area contributed by atoms with Gasteiger partial charge in [-0.05, 0) is 83.9 Å². The second-order valence-electron chi connectivity index (χ2n) is 9.63. The first kappa shape index (κ1) is 30.0. The van der Waals surface area contributed by atoms with Crippen LogP contribution in [0.15, 0.2) is 81.6 Å². The molecule has 4 aromatic rings. The van der Waals surface area contributed by atoms with Crippen molar-refractivity contribution in [2.45, 2.75) is 45.5 Å². The minimum absolute atomic E-state index is 0.241. The second-order valence-corrected chi connectivity index (χ2v) is 12.1. The number of thioether (sulfide) groups is 1. The topological polar surface area (TPSA) is 90.3 Å². The lowest BCUT2D eigenvalue weighted by molar-refractivity contribution is -0.113. The van der Waals surface area contributed by atoms with E-state index in [4.69, 9.17) is 26.2 Å². The Labute approximate surface area is 263 Å². The zero-order chi connectivity index (χ0) is 29.8. The molecule has 0 aliphatic carbocycles. The third kappa shape index (κ3) is 6.45. The normalized spacial score (nSPS) is 14.3. The van der Waals surface area contributed by atoms with Gasteiger partial charge in [0.05, 0.1) is 16.7 Å². The molecule has 0 fully saturated rings. The number of nitrogens with zero attached hydrogens (tertiary/aromatic N) is 3. The minimum Gasteiger partial charge on any atom is -0.490 e. The van der Waals surface area contributed by atoms with E-state index in [0.717, 1.165) is 22.4 Å². The zero-order valence-electron chi connectivity index (χ0n) is 23.7. The Kier molecular flexibility index (Phi) is 9.45. The van der Waals surface area contributed by atoms with E-state index in [2.05, 4.69) is 31.5 Å². The lowest BCUT2D eigenvalue weighted by Crippen LogP contribution is -2.31. The summed E-state index contributed by atoms with van der Waals surface area (Å²) in [5, 5.41) is 12.4. The zero-order valence-corrected chi connectivity index (χ0v) is 26.9. The Balaban J connectivity index is 1.57. The highest BCUT2D eigenvalue weighted by atomic mass is 79.9. The van der Waals surface area contributed by atoms with Crippen LogP contribution >= 0.6 is 39.3 Å². The number of aryl methyl sites for hydroxylation is 1. The van der Waals surface area contributed by atoms with Crippen molar-refractivity contribution in [3.63, 3.8) is 0 Å². The number of benzene rings is 3. The van der Waals surface area contributed by atoms with Crippen molar-refractivity contribution in [3.8, 4) is 11.5 Å². The molecular weight excluding hydrogens is 638 g/mol. The summed E-state index contributed by atoms with van der Waals surface area (Å²) >= 11 is 11.6. The first-order chi connectivity index (χ1) is 20.3. The van der Waals surface area contributed by atoms with Crippen molar-refractivity contribution in [3.05, 3.63) is 98.1 Å². The monoisotopic (exact) mass is 667 g/mol. The summed E-state index contributed by atoms with van der Waals surface area (Å²) in [4.78, 5) is 18.6. The van der Waals surface area contributed by atoms with Gasteiger partial charge in [-0.3, -0.25) is 4.79 Å². The largest absolute Gasteiger partial charge is 0.490 e. The standard InChI is InChI=1S/C31H31BrClN5O3S/c1-5-40-25-16-21(15-23(32)28(25)41-17-20-11-7-8-13-24(20)33)27-26(29(39)35-22-12-9-10-18(3)14-22)19(4)34-30-36-31(42-6-2)37-38(27)30/h7-16,27H,5-6,17H2,1-4H3,(H,35,39)(H,34,36,37). The second kappa shape index (κ2) is 13.2. The number of carbonyl (C=O) groups excluding carboxylic acids is 1. The summed E-state index contributed by atoms with van der Waals surface area (Å²) in [6.45, 7) is 8.51. The number of halogens is 2. The molecule has 2 heterocycles. The van der Waals surface area contributed by atoms with Crippen LogP contribution in [-0.4, -0.2) is 33.0 Å². The average molecular weight is 669 g/mol. The molecule has 8 nitrogen and oxygen atoms in total. The molecule has 1 unspecified atom stereocenters. The van der Waals surface area contributed by atoms with E-state index >= 15 is 0 Å². The Morgan fingerprint density at radius 1 is 1.12 bits per heavy atom. The molecule has 0 radical (unpaired) electrons. The van der Waals surface area contributed by atoms with Gasteiger partial charge in [-0.25, -0.2) is 4.68 Å². The van der Waals surface area contributed by atoms with Gasteiger partial charge in [0.15, 0.2) is 11.5 Å².